The van der Waals surface area contributed by atoms with Gasteiger partial charge in [-0.05, 0) is 58.5 Å². The molecule has 0 aromatic heterocycles. The van der Waals surface area contributed by atoms with Gasteiger partial charge in [-0.25, -0.2) is 4.99 Å². The molecule has 0 aromatic carbocycles. The third kappa shape index (κ3) is 2.54. The van der Waals surface area contributed by atoms with Gasteiger partial charge in [-0.3, -0.25) is 0 Å². The Hall–Kier alpha value is -0.570. The number of ether oxygens (including phenoxy) is 1. The number of hydrogen-bond acceptors (Lipinski definition) is 3. The molecular weight excluding hydrogens is 236 g/mol. The Labute approximate surface area is 117 Å². The summed E-state index contributed by atoms with van der Waals surface area (Å²) in [5.74, 6) is 1.90. The predicted molar refractivity (Wildman–Crippen MR) is 78.6 cm³/mol. The maximum absolute atomic E-state index is 6.09. The van der Waals surface area contributed by atoms with E-state index in [1.54, 1.807) is 0 Å². The summed E-state index contributed by atoms with van der Waals surface area (Å²) in [6.07, 6.45) is 9.40. The highest BCUT2D eigenvalue weighted by atomic mass is 16.5. The number of aliphatic imine (C=N–C) groups is 1. The van der Waals surface area contributed by atoms with Gasteiger partial charge in [-0.2, -0.15) is 0 Å². The molecule has 0 atom stereocenters. The summed E-state index contributed by atoms with van der Waals surface area (Å²) in [5.41, 5.74) is 0.237. The predicted octanol–water partition coefficient (Wildman–Crippen LogP) is 3.14. The van der Waals surface area contributed by atoms with Crippen LogP contribution in [0.2, 0.25) is 0 Å². The molecule has 3 heteroatoms. The van der Waals surface area contributed by atoms with Crippen LogP contribution in [0.25, 0.3) is 0 Å². The number of piperidine rings is 1. The van der Waals surface area contributed by atoms with Crippen molar-refractivity contribution in [2.45, 2.75) is 64.3 Å². The summed E-state index contributed by atoms with van der Waals surface area (Å²) in [6.45, 7) is 7.40. The molecule has 2 aliphatic heterocycles. The van der Waals surface area contributed by atoms with E-state index in [0.29, 0.717) is 0 Å². The zero-order valence-electron chi connectivity index (χ0n) is 12.5. The van der Waals surface area contributed by atoms with Gasteiger partial charge in [0.2, 0.25) is 0 Å². The van der Waals surface area contributed by atoms with E-state index in [-0.39, 0.29) is 11.0 Å². The first-order valence-electron chi connectivity index (χ1n) is 8.06. The maximum Gasteiger partial charge on any atom is 0.190 e. The molecule has 0 unspecified atom stereocenters. The molecule has 108 valence electrons. The Balaban J connectivity index is 1.88. The highest BCUT2D eigenvalue weighted by Crippen LogP contribution is 2.47. The normalized spacial score (nSPS) is 30.7. The summed E-state index contributed by atoms with van der Waals surface area (Å²) < 4.78 is 6.09. The van der Waals surface area contributed by atoms with Gasteiger partial charge in [0.05, 0.1) is 11.0 Å². The highest BCUT2D eigenvalue weighted by Gasteiger charge is 2.48. The summed E-state index contributed by atoms with van der Waals surface area (Å²) in [6, 6.07) is 0. The molecule has 3 aliphatic rings. The van der Waals surface area contributed by atoms with Crippen LogP contribution in [0, 0.1) is 11.3 Å². The lowest BCUT2D eigenvalue weighted by atomic mass is 9.64. The molecule has 0 spiro atoms. The first-order valence-corrected chi connectivity index (χ1v) is 8.06. The molecule has 3 nitrogen and oxygen atoms in total. The van der Waals surface area contributed by atoms with Crippen LogP contribution in [0.1, 0.15) is 58.8 Å². The molecule has 1 N–H and O–H groups in total. The van der Waals surface area contributed by atoms with Crippen LogP contribution in [0.3, 0.4) is 0 Å². The molecule has 0 bridgehead atoms. The van der Waals surface area contributed by atoms with Gasteiger partial charge in [0, 0.05) is 0 Å². The first kappa shape index (κ1) is 13.4. The molecule has 2 fully saturated rings. The SMILES string of the molecule is CC1(C)COC(C2(C3CCCCC3)CCNCC2)=N1. The lowest BCUT2D eigenvalue weighted by Crippen LogP contribution is -2.47. The van der Waals surface area contributed by atoms with Crippen LogP contribution in [0.4, 0.5) is 0 Å². The van der Waals surface area contributed by atoms with Crippen molar-refractivity contribution >= 4 is 5.90 Å². The van der Waals surface area contributed by atoms with Gasteiger partial charge < -0.3 is 10.1 Å². The summed E-state index contributed by atoms with van der Waals surface area (Å²) in [5, 5.41) is 3.51. The van der Waals surface area contributed by atoms with E-state index in [4.69, 9.17) is 9.73 Å². The minimum atomic E-state index is -0.0120. The van der Waals surface area contributed by atoms with Crippen molar-refractivity contribution in [1.82, 2.24) is 5.32 Å². The standard InChI is InChI=1S/C16H28N2O/c1-15(2)12-19-14(18-15)16(8-10-17-11-9-16)13-6-4-3-5-7-13/h13,17H,3-12H2,1-2H3. The minimum absolute atomic E-state index is 0.0120. The highest BCUT2D eigenvalue weighted by molar-refractivity contribution is 5.85. The fourth-order valence-corrected chi connectivity index (χ4v) is 4.16. The molecular formula is C16H28N2O. The second-order valence-corrected chi connectivity index (χ2v) is 7.26. The van der Waals surface area contributed by atoms with Gasteiger partial charge in [-0.1, -0.05) is 19.3 Å². The van der Waals surface area contributed by atoms with Crippen LogP contribution >= 0.6 is 0 Å². The monoisotopic (exact) mass is 264 g/mol. The fourth-order valence-electron chi connectivity index (χ4n) is 4.16. The number of nitrogens with one attached hydrogen (secondary N) is 1. The largest absolute Gasteiger partial charge is 0.478 e. The second kappa shape index (κ2) is 5.08. The molecule has 1 saturated heterocycles. The van der Waals surface area contributed by atoms with Crippen LogP contribution < -0.4 is 5.32 Å². The zero-order chi connectivity index (χ0) is 13.3. The molecule has 3 rings (SSSR count). The fraction of sp³-hybridized carbons (Fsp3) is 0.938. The van der Waals surface area contributed by atoms with Crippen molar-refractivity contribution in [3.63, 3.8) is 0 Å². The number of rotatable bonds is 2. The maximum atomic E-state index is 6.09. The Bertz CT molecular complexity index is 350. The number of nitrogens with zero attached hydrogens (tertiary/aromatic N) is 1. The Morgan fingerprint density at radius 2 is 1.79 bits per heavy atom. The van der Waals surface area contributed by atoms with E-state index in [2.05, 4.69) is 19.2 Å². The van der Waals surface area contributed by atoms with Crippen LogP contribution in [-0.2, 0) is 4.74 Å². The van der Waals surface area contributed by atoms with Crippen molar-refractivity contribution in [2.75, 3.05) is 19.7 Å². The summed E-state index contributed by atoms with van der Waals surface area (Å²) in [4.78, 5) is 4.96. The van der Waals surface area contributed by atoms with E-state index in [0.717, 1.165) is 31.5 Å². The van der Waals surface area contributed by atoms with E-state index in [1.807, 2.05) is 0 Å². The smallest absolute Gasteiger partial charge is 0.190 e. The van der Waals surface area contributed by atoms with Gasteiger partial charge in [0.25, 0.3) is 0 Å². The lowest BCUT2D eigenvalue weighted by Gasteiger charge is -2.44. The summed E-state index contributed by atoms with van der Waals surface area (Å²) in [7, 11) is 0. The Morgan fingerprint density at radius 3 is 2.37 bits per heavy atom. The van der Waals surface area contributed by atoms with Crippen LogP contribution in [-0.4, -0.2) is 31.1 Å². The van der Waals surface area contributed by atoms with Crippen molar-refractivity contribution in [3.8, 4) is 0 Å². The topological polar surface area (TPSA) is 33.6 Å². The molecule has 0 aromatic rings. The first-order chi connectivity index (χ1) is 9.12. The second-order valence-electron chi connectivity index (χ2n) is 7.26. The van der Waals surface area contributed by atoms with Crippen molar-refractivity contribution < 1.29 is 4.74 Å². The third-order valence-corrected chi connectivity index (χ3v) is 5.27. The van der Waals surface area contributed by atoms with E-state index >= 15 is 0 Å². The molecule has 2 heterocycles. The Kier molecular flexibility index (Phi) is 3.59. The molecule has 1 saturated carbocycles. The van der Waals surface area contributed by atoms with Gasteiger partial charge in [0.1, 0.15) is 6.61 Å². The van der Waals surface area contributed by atoms with E-state index < -0.39 is 0 Å². The average molecular weight is 264 g/mol. The van der Waals surface area contributed by atoms with E-state index in [1.165, 1.54) is 44.9 Å². The van der Waals surface area contributed by atoms with Crippen molar-refractivity contribution in [3.05, 3.63) is 0 Å². The molecule has 1 aliphatic carbocycles. The third-order valence-electron chi connectivity index (χ3n) is 5.27. The van der Waals surface area contributed by atoms with Crippen molar-refractivity contribution in [1.29, 1.82) is 0 Å². The van der Waals surface area contributed by atoms with Crippen LogP contribution in [0.15, 0.2) is 4.99 Å². The van der Waals surface area contributed by atoms with Gasteiger partial charge in [-0.15, -0.1) is 0 Å². The van der Waals surface area contributed by atoms with E-state index in [9.17, 15) is 0 Å². The van der Waals surface area contributed by atoms with Crippen molar-refractivity contribution in [2.24, 2.45) is 16.3 Å². The summed E-state index contributed by atoms with van der Waals surface area (Å²) >= 11 is 0. The molecule has 0 radical (unpaired) electrons. The number of hydrogen-bond donors (Lipinski definition) is 1. The average Bonchev–Trinajstić information content (AvgIpc) is 2.81. The molecule has 0 amide bonds. The van der Waals surface area contributed by atoms with Crippen LogP contribution in [0.5, 0.6) is 0 Å². The molecule has 19 heavy (non-hydrogen) atoms. The minimum Gasteiger partial charge on any atom is -0.478 e. The van der Waals surface area contributed by atoms with Gasteiger partial charge >= 0.3 is 0 Å². The lowest BCUT2D eigenvalue weighted by molar-refractivity contribution is 0.114. The zero-order valence-corrected chi connectivity index (χ0v) is 12.5. The van der Waals surface area contributed by atoms with Gasteiger partial charge in [0.15, 0.2) is 5.90 Å². The quantitative estimate of drug-likeness (QED) is 0.831. The Morgan fingerprint density at radius 1 is 1.11 bits per heavy atom.